The van der Waals surface area contributed by atoms with Crippen LogP contribution in [0.15, 0.2) is 22.7 Å². The minimum Gasteiger partial charge on any atom is -0.350 e. The number of halogens is 1. The summed E-state index contributed by atoms with van der Waals surface area (Å²) in [5.41, 5.74) is 0.704. The van der Waals surface area contributed by atoms with Crippen molar-refractivity contribution in [2.75, 3.05) is 5.32 Å². The molecule has 1 aromatic heterocycles. The van der Waals surface area contributed by atoms with Crippen molar-refractivity contribution in [3.63, 3.8) is 0 Å². The molecule has 0 aliphatic carbocycles. The molecule has 1 atom stereocenters. The van der Waals surface area contributed by atoms with Gasteiger partial charge in [0.2, 0.25) is 5.91 Å². The number of hydrogen-bond donors (Lipinski definition) is 2. The Morgan fingerprint density at radius 2 is 2.10 bits per heavy atom. The van der Waals surface area contributed by atoms with Gasteiger partial charge in [0.25, 0.3) is 0 Å². The minimum atomic E-state index is -0.321. The molecule has 0 aliphatic heterocycles. The summed E-state index contributed by atoms with van der Waals surface area (Å²) in [5, 5.41) is 6.86. The van der Waals surface area contributed by atoms with Crippen LogP contribution in [0.25, 0.3) is 10.2 Å². The molecule has 20 heavy (non-hydrogen) atoms. The number of rotatable bonds is 3. The molecule has 2 rings (SSSR count). The van der Waals surface area contributed by atoms with Crippen LogP contribution in [-0.4, -0.2) is 22.5 Å². The van der Waals surface area contributed by atoms with Crippen LogP contribution in [-0.2, 0) is 4.79 Å². The molecule has 0 aliphatic rings. The van der Waals surface area contributed by atoms with E-state index in [0.717, 1.165) is 19.8 Å². The van der Waals surface area contributed by atoms with Crippen molar-refractivity contribution in [1.82, 2.24) is 10.3 Å². The van der Waals surface area contributed by atoms with Gasteiger partial charge in [0.1, 0.15) is 6.04 Å². The summed E-state index contributed by atoms with van der Waals surface area (Å²) in [4.78, 5) is 16.5. The van der Waals surface area contributed by atoms with E-state index in [9.17, 15) is 4.79 Å². The monoisotopic (exact) mass is 355 g/mol. The van der Waals surface area contributed by atoms with Crippen LogP contribution in [0.5, 0.6) is 0 Å². The lowest BCUT2D eigenvalue weighted by molar-refractivity contribution is -0.122. The van der Waals surface area contributed by atoms with Gasteiger partial charge in [-0.3, -0.25) is 4.79 Å². The number of nitrogens with one attached hydrogen (secondary N) is 2. The van der Waals surface area contributed by atoms with Crippen LogP contribution in [0.4, 0.5) is 5.13 Å². The highest BCUT2D eigenvalue weighted by Gasteiger charge is 2.20. The van der Waals surface area contributed by atoms with Gasteiger partial charge < -0.3 is 10.6 Å². The fourth-order valence-electron chi connectivity index (χ4n) is 1.69. The number of hydrogen-bond acceptors (Lipinski definition) is 4. The molecule has 0 saturated heterocycles. The number of thiazole rings is 1. The average Bonchev–Trinajstić information content (AvgIpc) is 2.67. The largest absolute Gasteiger partial charge is 0.350 e. The smallest absolute Gasteiger partial charge is 0.242 e. The maximum absolute atomic E-state index is 12.0. The lowest BCUT2D eigenvalue weighted by Crippen LogP contribution is -2.47. The zero-order chi connectivity index (χ0) is 14.9. The summed E-state index contributed by atoms with van der Waals surface area (Å²) < 4.78 is 2.11. The number of nitrogens with zero attached hydrogens (tertiary/aromatic N) is 1. The fraction of sp³-hybridized carbons (Fsp3) is 0.429. The number of carbonyl (C=O) groups excluding carboxylic acids is 1. The molecule has 0 saturated carbocycles. The van der Waals surface area contributed by atoms with Crippen molar-refractivity contribution in [2.45, 2.75) is 39.3 Å². The van der Waals surface area contributed by atoms with E-state index in [0.29, 0.717) is 0 Å². The second kappa shape index (κ2) is 5.69. The predicted octanol–water partition coefficient (Wildman–Crippen LogP) is 3.77. The van der Waals surface area contributed by atoms with Gasteiger partial charge in [0.05, 0.1) is 10.2 Å². The third-order valence-corrected chi connectivity index (χ3v) is 4.02. The number of anilines is 1. The number of benzene rings is 1. The summed E-state index contributed by atoms with van der Waals surface area (Å²) in [7, 11) is 0. The van der Waals surface area contributed by atoms with Gasteiger partial charge >= 0.3 is 0 Å². The molecule has 2 aromatic rings. The van der Waals surface area contributed by atoms with Gasteiger partial charge in [0, 0.05) is 10.0 Å². The average molecular weight is 356 g/mol. The summed E-state index contributed by atoms with van der Waals surface area (Å²) in [6, 6.07) is 5.62. The highest BCUT2D eigenvalue weighted by Crippen LogP contribution is 2.28. The van der Waals surface area contributed by atoms with Crippen molar-refractivity contribution in [1.29, 1.82) is 0 Å². The van der Waals surface area contributed by atoms with Crippen molar-refractivity contribution >= 4 is 48.5 Å². The van der Waals surface area contributed by atoms with E-state index in [1.165, 1.54) is 0 Å². The number of amides is 1. The van der Waals surface area contributed by atoms with Gasteiger partial charge in [-0.1, -0.05) is 27.3 Å². The molecule has 0 bridgehead atoms. The first-order valence-corrected chi connectivity index (χ1v) is 8.00. The summed E-state index contributed by atoms with van der Waals surface area (Å²) in [6.07, 6.45) is 0. The lowest BCUT2D eigenvalue weighted by atomic mass is 10.1. The Kier molecular flexibility index (Phi) is 4.34. The van der Waals surface area contributed by atoms with Crippen LogP contribution < -0.4 is 10.6 Å². The Hall–Kier alpha value is -1.14. The molecule has 1 amide bonds. The first-order valence-electron chi connectivity index (χ1n) is 6.39. The van der Waals surface area contributed by atoms with Crippen molar-refractivity contribution in [3.8, 4) is 0 Å². The molecule has 6 heteroatoms. The molecule has 0 fully saturated rings. The molecule has 0 radical (unpaired) electrons. The van der Waals surface area contributed by atoms with Gasteiger partial charge in [-0.15, -0.1) is 0 Å². The third-order valence-electron chi connectivity index (χ3n) is 2.58. The summed E-state index contributed by atoms with van der Waals surface area (Å²) in [5.74, 6) is -0.0297. The normalized spacial score (nSPS) is 13.2. The molecule has 2 N–H and O–H groups in total. The van der Waals surface area contributed by atoms with E-state index in [4.69, 9.17) is 0 Å². The molecular formula is C14H18BrN3OS. The number of carbonyl (C=O) groups is 1. The molecule has 1 unspecified atom stereocenters. The summed E-state index contributed by atoms with van der Waals surface area (Å²) in [6.45, 7) is 7.73. The molecular weight excluding hydrogens is 338 g/mol. The van der Waals surface area contributed by atoms with Gasteiger partial charge in [0.15, 0.2) is 5.13 Å². The third kappa shape index (κ3) is 3.93. The van der Waals surface area contributed by atoms with E-state index in [2.05, 4.69) is 31.5 Å². The molecule has 1 heterocycles. The lowest BCUT2D eigenvalue weighted by Gasteiger charge is -2.23. The van der Waals surface area contributed by atoms with Gasteiger partial charge in [-0.25, -0.2) is 4.98 Å². The Morgan fingerprint density at radius 3 is 2.75 bits per heavy atom. The van der Waals surface area contributed by atoms with Crippen molar-refractivity contribution in [3.05, 3.63) is 22.7 Å². The maximum atomic E-state index is 12.0. The quantitative estimate of drug-likeness (QED) is 0.880. The molecule has 108 valence electrons. The number of fused-ring (bicyclic) bond motifs is 1. The van der Waals surface area contributed by atoms with Gasteiger partial charge in [-0.2, -0.15) is 0 Å². The first kappa shape index (κ1) is 15.3. The SMILES string of the molecule is CC(Nc1nc2ccc(Br)cc2s1)C(=O)NC(C)(C)C. The minimum absolute atomic E-state index is 0.0297. The Balaban J connectivity index is 2.09. The highest BCUT2D eigenvalue weighted by molar-refractivity contribution is 9.10. The van der Waals surface area contributed by atoms with E-state index in [-0.39, 0.29) is 17.5 Å². The Labute approximate surface area is 131 Å². The van der Waals surface area contributed by atoms with E-state index in [1.54, 1.807) is 11.3 Å². The summed E-state index contributed by atoms with van der Waals surface area (Å²) >= 11 is 4.99. The topological polar surface area (TPSA) is 54.0 Å². The highest BCUT2D eigenvalue weighted by atomic mass is 79.9. The van der Waals surface area contributed by atoms with Crippen LogP contribution in [0.1, 0.15) is 27.7 Å². The zero-order valence-electron chi connectivity index (χ0n) is 12.0. The predicted molar refractivity (Wildman–Crippen MR) is 88.3 cm³/mol. The van der Waals surface area contributed by atoms with Crippen molar-refractivity contribution < 1.29 is 4.79 Å². The molecule has 0 spiro atoms. The Bertz CT molecular complexity index is 633. The molecule has 1 aromatic carbocycles. The van der Waals surface area contributed by atoms with Crippen LogP contribution in [0.2, 0.25) is 0 Å². The second-order valence-electron chi connectivity index (χ2n) is 5.74. The zero-order valence-corrected chi connectivity index (χ0v) is 14.4. The van der Waals surface area contributed by atoms with Gasteiger partial charge in [-0.05, 0) is 45.9 Å². The van der Waals surface area contributed by atoms with E-state index in [1.807, 2.05) is 45.9 Å². The Morgan fingerprint density at radius 1 is 1.40 bits per heavy atom. The van der Waals surface area contributed by atoms with Crippen LogP contribution >= 0.6 is 27.3 Å². The standard InChI is InChI=1S/C14H18BrN3OS/c1-8(12(19)18-14(2,3)4)16-13-17-10-6-5-9(15)7-11(10)20-13/h5-8H,1-4H3,(H,16,17)(H,18,19). The first-order chi connectivity index (χ1) is 9.24. The van der Waals surface area contributed by atoms with Crippen molar-refractivity contribution in [2.24, 2.45) is 0 Å². The van der Waals surface area contributed by atoms with Crippen LogP contribution in [0, 0.1) is 0 Å². The fourth-order valence-corrected chi connectivity index (χ4v) is 3.19. The second-order valence-corrected chi connectivity index (χ2v) is 7.68. The van der Waals surface area contributed by atoms with Crippen LogP contribution in [0.3, 0.4) is 0 Å². The molecule has 4 nitrogen and oxygen atoms in total. The van der Waals surface area contributed by atoms with E-state index >= 15 is 0 Å². The maximum Gasteiger partial charge on any atom is 0.242 e. The van der Waals surface area contributed by atoms with E-state index < -0.39 is 0 Å². The number of aromatic nitrogens is 1.